The Kier molecular flexibility index (Phi) is 6.86. The Bertz CT molecular complexity index is 919. The summed E-state index contributed by atoms with van der Waals surface area (Å²) < 4.78 is 23.0. The first kappa shape index (κ1) is 20.6. The molecule has 1 aliphatic heterocycles. The summed E-state index contributed by atoms with van der Waals surface area (Å²) in [6.45, 7) is 3.64. The van der Waals surface area contributed by atoms with Gasteiger partial charge in [-0.1, -0.05) is 42.8 Å². The van der Waals surface area contributed by atoms with Gasteiger partial charge in [0.15, 0.2) is 9.84 Å². The lowest BCUT2D eigenvalue weighted by atomic mass is 10.0. The van der Waals surface area contributed by atoms with Crippen molar-refractivity contribution in [2.75, 3.05) is 19.3 Å². The van der Waals surface area contributed by atoms with E-state index >= 15 is 0 Å². The average Bonchev–Trinajstić information content (AvgIpc) is 2.67. The van der Waals surface area contributed by atoms with E-state index in [4.69, 9.17) is 0 Å². The highest BCUT2D eigenvalue weighted by atomic mass is 32.2. The molecule has 1 N–H and O–H groups in total. The van der Waals surface area contributed by atoms with Crippen molar-refractivity contribution in [1.82, 2.24) is 10.2 Å². The Morgan fingerprint density at radius 1 is 1.00 bits per heavy atom. The standard InChI is InChI=1S/C22H28N2O3S/c1-28(26,27)17-18-8-7-11-19(14-18)22(25)23-15-20-9-3-4-10-21(20)16-24-12-5-2-6-13-24/h3-4,7-11,14H,2,5-6,12-13,15-17H2,1H3,(H,23,25). The average molecular weight is 401 g/mol. The number of sulfone groups is 1. The molecule has 3 rings (SSSR count). The van der Waals surface area contributed by atoms with Crippen LogP contribution in [0, 0.1) is 0 Å². The maximum Gasteiger partial charge on any atom is 0.251 e. The van der Waals surface area contributed by atoms with Crippen molar-refractivity contribution in [3.63, 3.8) is 0 Å². The second-order valence-electron chi connectivity index (χ2n) is 7.56. The number of carbonyl (C=O) groups excluding carboxylic acids is 1. The van der Waals surface area contributed by atoms with E-state index in [2.05, 4.69) is 22.3 Å². The molecule has 1 saturated heterocycles. The van der Waals surface area contributed by atoms with Crippen LogP contribution in [0.5, 0.6) is 0 Å². The zero-order valence-electron chi connectivity index (χ0n) is 16.4. The summed E-state index contributed by atoms with van der Waals surface area (Å²) in [5.74, 6) is -0.254. The molecule has 2 aromatic rings. The summed E-state index contributed by atoms with van der Waals surface area (Å²) in [7, 11) is -3.13. The molecule has 1 aliphatic rings. The monoisotopic (exact) mass is 400 g/mol. The smallest absolute Gasteiger partial charge is 0.251 e. The maximum absolute atomic E-state index is 12.6. The Balaban J connectivity index is 1.64. The summed E-state index contributed by atoms with van der Waals surface area (Å²) >= 11 is 0. The molecule has 0 radical (unpaired) electrons. The van der Waals surface area contributed by atoms with Crippen molar-refractivity contribution in [2.45, 2.75) is 38.1 Å². The zero-order chi connectivity index (χ0) is 20.0. The third-order valence-corrected chi connectivity index (χ3v) is 5.88. The Morgan fingerprint density at radius 2 is 1.71 bits per heavy atom. The minimum Gasteiger partial charge on any atom is -0.348 e. The Labute approximate surface area is 167 Å². The molecule has 2 aromatic carbocycles. The summed E-state index contributed by atoms with van der Waals surface area (Å²) in [5.41, 5.74) is 3.47. The van der Waals surface area contributed by atoms with Gasteiger partial charge in [0.2, 0.25) is 0 Å². The molecule has 0 spiro atoms. The van der Waals surface area contributed by atoms with Crippen LogP contribution in [0.15, 0.2) is 48.5 Å². The van der Waals surface area contributed by atoms with Gasteiger partial charge in [0.1, 0.15) is 0 Å². The number of likely N-dealkylation sites (tertiary alicyclic amines) is 1. The molecule has 150 valence electrons. The molecular formula is C22H28N2O3S. The summed E-state index contributed by atoms with van der Waals surface area (Å²) in [6, 6.07) is 15.0. The van der Waals surface area contributed by atoms with Gasteiger partial charge in [0.05, 0.1) is 5.75 Å². The first-order valence-electron chi connectivity index (χ1n) is 9.75. The predicted octanol–water partition coefficient (Wildman–Crippen LogP) is 3.15. The second-order valence-corrected chi connectivity index (χ2v) is 9.70. The van der Waals surface area contributed by atoms with Gasteiger partial charge >= 0.3 is 0 Å². The molecule has 1 fully saturated rings. The van der Waals surface area contributed by atoms with Crippen molar-refractivity contribution in [1.29, 1.82) is 0 Å². The van der Waals surface area contributed by atoms with Crippen LogP contribution < -0.4 is 5.32 Å². The first-order valence-corrected chi connectivity index (χ1v) is 11.8. The lowest BCUT2D eigenvalue weighted by molar-refractivity contribution is 0.0950. The van der Waals surface area contributed by atoms with E-state index in [1.807, 2.05) is 12.1 Å². The molecule has 0 unspecified atom stereocenters. The summed E-state index contributed by atoms with van der Waals surface area (Å²) in [5, 5.41) is 2.98. The molecule has 0 aliphatic carbocycles. The van der Waals surface area contributed by atoms with E-state index in [9.17, 15) is 13.2 Å². The van der Waals surface area contributed by atoms with Gasteiger partial charge in [-0.2, -0.15) is 0 Å². The number of benzene rings is 2. The Hall–Kier alpha value is -2.18. The maximum atomic E-state index is 12.6. The Morgan fingerprint density at radius 3 is 2.43 bits per heavy atom. The van der Waals surface area contributed by atoms with Gasteiger partial charge in [-0.15, -0.1) is 0 Å². The van der Waals surface area contributed by atoms with Gasteiger partial charge in [-0.05, 0) is 54.8 Å². The predicted molar refractivity (Wildman–Crippen MR) is 112 cm³/mol. The van der Waals surface area contributed by atoms with Crippen LogP contribution in [-0.4, -0.2) is 38.6 Å². The van der Waals surface area contributed by atoms with E-state index in [1.54, 1.807) is 24.3 Å². The number of piperidine rings is 1. The number of carbonyl (C=O) groups is 1. The van der Waals surface area contributed by atoms with Crippen molar-refractivity contribution in [3.8, 4) is 0 Å². The van der Waals surface area contributed by atoms with Crippen LogP contribution in [-0.2, 0) is 28.7 Å². The normalized spacial score (nSPS) is 15.3. The minimum absolute atomic E-state index is 0.0627. The van der Waals surface area contributed by atoms with Crippen molar-refractivity contribution >= 4 is 15.7 Å². The molecule has 0 saturated carbocycles. The summed E-state index contributed by atoms with van der Waals surface area (Å²) in [4.78, 5) is 15.0. The van der Waals surface area contributed by atoms with E-state index in [0.29, 0.717) is 17.7 Å². The molecule has 28 heavy (non-hydrogen) atoms. The molecule has 5 nitrogen and oxygen atoms in total. The number of nitrogens with zero attached hydrogens (tertiary/aromatic N) is 1. The quantitative estimate of drug-likeness (QED) is 0.775. The molecule has 6 heteroatoms. The fourth-order valence-electron chi connectivity index (χ4n) is 3.63. The molecule has 0 bridgehead atoms. The van der Waals surface area contributed by atoms with Crippen LogP contribution in [0.3, 0.4) is 0 Å². The highest BCUT2D eigenvalue weighted by Gasteiger charge is 2.14. The fourth-order valence-corrected chi connectivity index (χ4v) is 4.41. The summed E-state index contributed by atoms with van der Waals surface area (Å²) in [6.07, 6.45) is 5.01. The van der Waals surface area contributed by atoms with Crippen molar-refractivity contribution < 1.29 is 13.2 Å². The van der Waals surface area contributed by atoms with E-state index in [0.717, 1.165) is 25.2 Å². The third kappa shape index (κ3) is 6.17. The van der Waals surface area contributed by atoms with Crippen LogP contribution >= 0.6 is 0 Å². The lowest BCUT2D eigenvalue weighted by Gasteiger charge is -2.27. The van der Waals surface area contributed by atoms with Crippen LogP contribution in [0.2, 0.25) is 0 Å². The van der Waals surface area contributed by atoms with Crippen molar-refractivity contribution in [3.05, 3.63) is 70.8 Å². The highest BCUT2D eigenvalue weighted by Crippen LogP contribution is 2.16. The van der Waals surface area contributed by atoms with Gasteiger partial charge < -0.3 is 5.32 Å². The van der Waals surface area contributed by atoms with Crippen LogP contribution in [0.25, 0.3) is 0 Å². The second kappa shape index (κ2) is 9.34. The molecule has 0 aromatic heterocycles. The van der Waals surface area contributed by atoms with Gasteiger partial charge in [0, 0.05) is 24.9 Å². The molecule has 0 atom stereocenters. The lowest BCUT2D eigenvalue weighted by Crippen LogP contribution is -2.30. The number of hydrogen-bond acceptors (Lipinski definition) is 4. The SMILES string of the molecule is CS(=O)(=O)Cc1cccc(C(=O)NCc2ccccc2CN2CCCCC2)c1. The zero-order valence-corrected chi connectivity index (χ0v) is 17.2. The molecular weight excluding hydrogens is 372 g/mol. The third-order valence-electron chi connectivity index (χ3n) is 5.02. The van der Waals surface area contributed by atoms with E-state index in [-0.39, 0.29) is 11.7 Å². The number of hydrogen-bond donors (Lipinski definition) is 1. The number of nitrogens with one attached hydrogen (secondary N) is 1. The minimum atomic E-state index is -3.13. The fraction of sp³-hybridized carbons (Fsp3) is 0.409. The topological polar surface area (TPSA) is 66.5 Å². The highest BCUT2D eigenvalue weighted by molar-refractivity contribution is 7.89. The van der Waals surface area contributed by atoms with Gasteiger partial charge in [-0.25, -0.2) is 8.42 Å². The number of rotatable bonds is 7. The van der Waals surface area contributed by atoms with Crippen LogP contribution in [0.4, 0.5) is 0 Å². The molecule has 1 heterocycles. The van der Waals surface area contributed by atoms with Gasteiger partial charge in [0.25, 0.3) is 5.91 Å². The van der Waals surface area contributed by atoms with Crippen LogP contribution in [0.1, 0.15) is 46.3 Å². The first-order chi connectivity index (χ1) is 13.4. The van der Waals surface area contributed by atoms with E-state index < -0.39 is 9.84 Å². The van der Waals surface area contributed by atoms with E-state index in [1.165, 1.54) is 31.1 Å². The van der Waals surface area contributed by atoms with Gasteiger partial charge in [-0.3, -0.25) is 9.69 Å². The molecule has 1 amide bonds. The number of amides is 1. The van der Waals surface area contributed by atoms with Crippen molar-refractivity contribution in [2.24, 2.45) is 0 Å². The largest absolute Gasteiger partial charge is 0.348 e.